The van der Waals surface area contributed by atoms with Crippen molar-refractivity contribution in [1.29, 1.82) is 0 Å². The van der Waals surface area contributed by atoms with Crippen LogP contribution in [0.2, 0.25) is 0 Å². The predicted octanol–water partition coefficient (Wildman–Crippen LogP) is -0.175. The summed E-state index contributed by atoms with van der Waals surface area (Å²) in [6.45, 7) is -0.253. The molecule has 54 valence electrons. The van der Waals surface area contributed by atoms with Crippen molar-refractivity contribution in [3.8, 4) is 0 Å². The van der Waals surface area contributed by atoms with Gasteiger partial charge in [-0.1, -0.05) is 0 Å². The van der Waals surface area contributed by atoms with Gasteiger partial charge in [0.1, 0.15) is 6.10 Å². The standard InChI is InChI=1S/C3H7FNO3P/c4-3(8-9-7)2(6)1-5/h2-3,6H,1,5H2. The smallest absolute Gasteiger partial charge is 0.330 e. The largest absolute Gasteiger partial charge is 0.386 e. The van der Waals surface area contributed by atoms with Gasteiger partial charge in [-0.15, -0.1) is 0 Å². The molecule has 3 N–H and O–H groups in total. The van der Waals surface area contributed by atoms with Crippen LogP contribution in [0.25, 0.3) is 0 Å². The summed E-state index contributed by atoms with van der Waals surface area (Å²) in [7, 11) is -0.797. The molecule has 0 saturated carbocycles. The maximum absolute atomic E-state index is 12.0. The minimum Gasteiger partial charge on any atom is -0.386 e. The van der Waals surface area contributed by atoms with Crippen molar-refractivity contribution < 1.29 is 18.6 Å². The van der Waals surface area contributed by atoms with E-state index >= 15 is 0 Å². The Bertz CT molecular complexity index is 93.1. The number of aliphatic hydroxyl groups excluding tert-OH is 1. The van der Waals surface area contributed by atoms with E-state index in [0.29, 0.717) is 0 Å². The molecule has 0 radical (unpaired) electrons. The number of hydrogen-bond donors (Lipinski definition) is 2. The van der Waals surface area contributed by atoms with Gasteiger partial charge in [0.05, 0.1) is 0 Å². The van der Waals surface area contributed by atoms with Gasteiger partial charge < -0.3 is 10.8 Å². The maximum atomic E-state index is 12.0. The Morgan fingerprint density at radius 3 is 2.78 bits per heavy atom. The van der Waals surface area contributed by atoms with Gasteiger partial charge in [-0.2, -0.15) is 0 Å². The lowest BCUT2D eigenvalue weighted by Crippen LogP contribution is -2.30. The lowest BCUT2D eigenvalue weighted by molar-refractivity contribution is -0.0342. The molecule has 0 aromatic carbocycles. The van der Waals surface area contributed by atoms with Gasteiger partial charge in [-0.3, -0.25) is 4.52 Å². The Morgan fingerprint density at radius 1 is 1.89 bits per heavy atom. The maximum Gasteiger partial charge on any atom is 0.330 e. The summed E-state index contributed by atoms with van der Waals surface area (Å²) in [5.41, 5.74) is 4.83. The van der Waals surface area contributed by atoms with Gasteiger partial charge in [0.15, 0.2) is 0 Å². The van der Waals surface area contributed by atoms with Crippen molar-refractivity contribution in [2.75, 3.05) is 6.54 Å². The van der Waals surface area contributed by atoms with E-state index in [4.69, 9.17) is 10.8 Å². The molecule has 0 aromatic heterocycles. The summed E-state index contributed by atoms with van der Waals surface area (Å²) < 4.78 is 25.4. The van der Waals surface area contributed by atoms with Crippen LogP contribution < -0.4 is 5.73 Å². The Morgan fingerprint density at radius 2 is 2.44 bits per heavy atom. The average Bonchev–Trinajstić information content (AvgIpc) is 1.87. The highest BCUT2D eigenvalue weighted by molar-refractivity contribution is 7.17. The summed E-state index contributed by atoms with van der Waals surface area (Å²) in [4.78, 5) is 0. The zero-order chi connectivity index (χ0) is 7.28. The second kappa shape index (κ2) is 4.76. The third kappa shape index (κ3) is 3.48. The fraction of sp³-hybridized carbons (Fsp3) is 1.00. The molecule has 4 nitrogen and oxygen atoms in total. The molecule has 0 aliphatic heterocycles. The third-order valence-corrected chi connectivity index (χ3v) is 0.975. The van der Waals surface area contributed by atoms with Crippen molar-refractivity contribution in [3.63, 3.8) is 0 Å². The molecule has 0 spiro atoms. The van der Waals surface area contributed by atoms with E-state index in [0.717, 1.165) is 0 Å². The highest BCUT2D eigenvalue weighted by atomic mass is 31.1. The van der Waals surface area contributed by atoms with Crippen molar-refractivity contribution in [1.82, 2.24) is 0 Å². The third-order valence-electron chi connectivity index (χ3n) is 0.688. The average molecular weight is 155 g/mol. The van der Waals surface area contributed by atoms with E-state index < -0.39 is 21.1 Å². The molecule has 9 heavy (non-hydrogen) atoms. The number of aliphatic hydroxyl groups is 1. The molecular weight excluding hydrogens is 148 g/mol. The molecule has 0 fully saturated rings. The number of halogens is 1. The van der Waals surface area contributed by atoms with Crippen LogP contribution in [0.5, 0.6) is 0 Å². The predicted molar refractivity (Wildman–Crippen MR) is 28.6 cm³/mol. The lowest BCUT2D eigenvalue weighted by atomic mass is 10.4. The van der Waals surface area contributed by atoms with E-state index in [-0.39, 0.29) is 6.54 Å². The van der Waals surface area contributed by atoms with Crippen LogP contribution in [0.4, 0.5) is 4.39 Å². The quantitative estimate of drug-likeness (QED) is 0.552. The summed E-state index contributed by atoms with van der Waals surface area (Å²) >= 11 is 0. The highest BCUT2D eigenvalue weighted by Crippen LogP contribution is 2.07. The van der Waals surface area contributed by atoms with Gasteiger partial charge in [-0.05, 0) is 0 Å². The molecule has 0 aliphatic rings. The van der Waals surface area contributed by atoms with Crippen LogP contribution in [-0.2, 0) is 9.09 Å². The topological polar surface area (TPSA) is 72.6 Å². The van der Waals surface area contributed by atoms with Crippen molar-refractivity contribution in [2.45, 2.75) is 12.5 Å². The number of nitrogens with two attached hydrogens (primary N) is 1. The van der Waals surface area contributed by atoms with Crippen LogP contribution in [0.3, 0.4) is 0 Å². The second-order valence-corrected chi connectivity index (χ2v) is 1.69. The SMILES string of the molecule is NCC(O)C(F)OP=O. The van der Waals surface area contributed by atoms with Crippen LogP contribution >= 0.6 is 8.69 Å². The molecular formula is C3H7FNO3P. The number of rotatable bonds is 4. The van der Waals surface area contributed by atoms with Gasteiger partial charge in [0, 0.05) is 6.54 Å². The normalized spacial score (nSPS) is 17.7. The molecule has 6 heteroatoms. The zero-order valence-corrected chi connectivity index (χ0v) is 5.42. The highest BCUT2D eigenvalue weighted by Gasteiger charge is 2.16. The zero-order valence-electron chi connectivity index (χ0n) is 4.53. The van der Waals surface area contributed by atoms with Crippen molar-refractivity contribution >= 4 is 8.69 Å². The number of alkyl halides is 1. The van der Waals surface area contributed by atoms with Crippen LogP contribution in [-0.4, -0.2) is 24.1 Å². The molecule has 0 rings (SSSR count). The minimum atomic E-state index is -1.96. The fourth-order valence-electron chi connectivity index (χ4n) is 0.218. The minimum absolute atomic E-state index is 0.253. The first-order valence-corrected chi connectivity index (χ1v) is 2.96. The molecule has 0 bridgehead atoms. The van der Waals surface area contributed by atoms with E-state index in [2.05, 4.69) is 4.52 Å². The molecule has 0 saturated heterocycles. The van der Waals surface area contributed by atoms with Crippen molar-refractivity contribution in [2.24, 2.45) is 5.73 Å². The lowest BCUT2D eigenvalue weighted by Gasteiger charge is -2.08. The van der Waals surface area contributed by atoms with Gasteiger partial charge >= 0.3 is 8.69 Å². The summed E-state index contributed by atoms with van der Waals surface area (Å²) in [6.07, 6.45) is -3.36. The molecule has 2 atom stereocenters. The molecule has 0 aliphatic carbocycles. The summed E-state index contributed by atoms with van der Waals surface area (Å²) in [6, 6.07) is 0. The monoisotopic (exact) mass is 155 g/mol. The van der Waals surface area contributed by atoms with Crippen LogP contribution in [0, 0.1) is 0 Å². The Labute approximate surface area is 53.1 Å². The molecule has 0 amide bonds. The fourth-order valence-corrected chi connectivity index (χ4v) is 0.441. The van der Waals surface area contributed by atoms with Crippen LogP contribution in [0.1, 0.15) is 0 Å². The Balaban J connectivity index is 3.44. The van der Waals surface area contributed by atoms with E-state index in [1.165, 1.54) is 0 Å². The molecule has 0 heterocycles. The summed E-state index contributed by atoms with van der Waals surface area (Å²) in [5.74, 6) is 0. The Kier molecular flexibility index (Phi) is 4.71. The molecule has 2 unspecified atom stereocenters. The first kappa shape index (κ1) is 8.91. The van der Waals surface area contributed by atoms with Gasteiger partial charge in [0.2, 0.25) is 6.36 Å². The van der Waals surface area contributed by atoms with Gasteiger partial charge in [-0.25, -0.2) is 8.96 Å². The van der Waals surface area contributed by atoms with E-state index in [1.54, 1.807) is 0 Å². The number of hydrogen-bond acceptors (Lipinski definition) is 4. The first-order chi connectivity index (χ1) is 4.22. The van der Waals surface area contributed by atoms with Crippen molar-refractivity contribution in [3.05, 3.63) is 0 Å². The van der Waals surface area contributed by atoms with E-state index in [9.17, 15) is 8.96 Å². The first-order valence-electron chi connectivity index (χ1n) is 2.23. The van der Waals surface area contributed by atoms with E-state index in [1.807, 2.05) is 0 Å². The van der Waals surface area contributed by atoms with Gasteiger partial charge in [0.25, 0.3) is 0 Å². The Hall–Kier alpha value is -0.0900. The molecule has 0 aromatic rings. The van der Waals surface area contributed by atoms with Crippen LogP contribution in [0.15, 0.2) is 0 Å². The second-order valence-electron chi connectivity index (χ2n) is 1.33. The summed E-state index contributed by atoms with van der Waals surface area (Å²) in [5, 5.41) is 8.49.